The number of nitrogens with one attached hydrogen (secondary N) is 3. The van der Waals surface area contributed by atoms with Crippen LogP contribution in [-0.4, -0.2) is 62.9 Å². The van der Waals surface area contributed by atoms with E-state index in [1.54, 1.807) is 0 Å². The molecule has 0 unspecified atom stereocenters. The average Bonchev–Trinajstić information content (AvgIpc) is 2.82. The van der Waals surface area contributed by atoms with Crippen LogP contribution in [-0.2, 0) is 36.8 Å². The van der Waals surface area contributed by atoms with Gasteiger partial charge >= 0.3 is 12.1 Å². The zero-order chi connectivity index (χ0) is 27.2. The van der Waals surface area contributed by atoms with E-state index in [0.29, 0.717) is 11.1 Å². The molecule has 1 aliphatic rings. The third-order valence-electron chi connectivity index (χ3n) is 5.63. The predicted molar refractivity (Wildman–Crippen MR) is 126 cm³/mol. The van der Waals surface area contributed by atoms with E-state index in [4.69, 9.17) is 15.6 Å². The van der Waals surface area contributed by atoms with E-state index in [0.717, 1.165) is 0 Å². The number of phenols is 2. The van der Waals surface area contributed by atoms with Gasteiger partial charge in [-0.15, -0.1) is 0 Å². The molecule has 0 saturated carbocycles. The van der Waals surface area contributed by atoms with Gasteiger partial charge in [-0.05, 0) is 41.8 Å². The number of carbonyl (C=O) groups is 5. The van der Waals surface area contributed by atoms with Gasteiger partial charge in [0.1, 0.15) is 23.6 Å². The van der Waals surface area contributed by atoms with Crippen molar-refractivity contribution in [2.75, 3.05) is 0 Å². The lowest BCUT2D eigenvalue weighted by Crippen LogP contribution is -2.72. The highest BCUT2D eigenvalue weighted by atomic mass is 16.6. The number of ether oxygens (including phenoxy) is 1. The number of carbonyl (C=O) groups excluding carboxylic acids is 4. The highest BCUT2D eigenvalue weighted by Crippen LogP contribution is 2.25. The molecule has 1 heterocycles. The van der Waals surface area contributed by atoms with Crippen LogP contribution < -0.4 is 21.7 Å². The number of phenolic OH excluding ortho intramolecular Hbond substituents is 2. The second kappa shape index (κ2) is 11.3. The van der Waals surface area contributed by atoms with Gasteiger partial charge in [-0.3, -0.25) is 24.5 Å². The van der Waals surface area contributed by atoms with Gasteiger partial charge in [0.05, 0.1) is 0 Å². The van der Waals surface area contributed by atoms with Gasteiger partial charge in [0, 0.05) is 19.3 Å². The van der Waals surface area contributed by atoms with Crippen molar-refractivity contribution < 1.29 is 44.0 Å². The maximum Gasteiger partial charge on any atom is 0.413 e. The van der Waals surface area contributed by atoms with Crippen molar-refractivity contribution in [3.8, 4) is 11.5 Å². The summed E-state index contributed by atoms with van der Waals surface area (Å²) < 4.78 is 5.07. The van der Waals surface area contributed by atoms with Crippen molar-refractivity contribution in [2.45, 2.75) is 43.5 Å². The second-order valence-corrected chi connectivity index (χ2v) is 8.48. The highest BCUT2D eigenvalue weighted by molar-refractivity contribution is 5.98. The number of hydrogen-bond acceptors (Lipinski definition) is 8. The molecule has 0 radical (unpaired) electrons. The summed E-state index contributed by atoms with van der Waals surface area (Å²) in [4.78, 5) is 60.8. The third kappa shape index (κ3) is 7.10. The first-order chi connectivity index (χ1) is 17.5. The fourth-order valence-corrected chi connectivity index (χ4v) is 3.67. The zero-order valence-corrected chi connectivity index (χ0v) is 19.5. The molecule has 3 atom stereocenters. The first kappa shape index (κ1) is 26.8. The molecule has 1 saturated heterocycles. The predicted octanol–water partition coefficient (Wildman–Crippen LogP) is -0.361. The summed E-state index contributed by atoms with van der Waals surface area (Å²) in [6.45, 7) is 0. The molecular formula is C24H26N4O9. The normalized spacial score (nSPS) is 17.8. The largest absolute Gasteiger partial charge is 0.508 e. The Morgan fingerprint density at radius 3 is 1.95 bits per heavy atom. The zero-order valence-electron chi connectivity index (χ0n) is 19.5. The SMILES string of the molecule is NC(=O)[C@H](Cc1ccc(O)cc1)NC(=O)[C@H](CCC(=O)O)NC(=O)[C@]1(Cc2ccc(O)cc2)NC(=O)O1. The van der Waals surface area contributed by atoms with Crippen LogP contribution in [0.1, 0.15) is 24.0 Å². The number of rotatable bonds is 12. The fourth-order valence-electron chi connectivity index (χ4n) is 3.67. The molecule has 2 aromatic carbocycles. The van der Waals surface area contributed by atoms with Gasteiger partial charge < -0.3 is 36.4 Å². The Morgan fingerprint density at radius 2 is 1.46 bits per heavy atom. The van der Waals surface area contributed by atoms with Crippen LogP contribution in [0.25, 0.3) is 0 Å². The molecule has 3 rings (SSSR count). The molecule has 0 aromatic heterocycles. The molecule has 0 aliphatic carbocycles. The number of benzene rings is 2. The van der Waals surface area contributed by atoms with E-state index < -0.39 is 54.0 Å². The number of carboxylic acid groups (broad SMARTS) is 1. The summed E-state index contributed by atoms with van der Waals surface area (Å²) >= 11 is 0. The van der Waals surface area contributed by atoms with Gasteiger partial charge in [0.15, 0.2) is 0 Å². The Morgan fingerprint density at radius 1 is 0.919 bits per heavy atom. The summed E-state index contributed by atoms with van der Waals surface area (Å²) in [7, 11) is 0. The monoisotopic (exact) mass is 514 g/mol. The minimum absolute atomic E-state index is 0.00592. The molecule has 0 bridgehead atoms. The van der Waals surface area contributed by atoms with E-state index in [9.17, 15) is 34.2 Å². The summed E-state index contributed by atoms with van der Waals surface area (Å²) in [5, 5.41) is 35.1. The molecule has 196 valence electrons. The van der Waals surface area contributed by atoms with Gasteiger partial charge in [-0.1, -0.05) is 24.3 Å². The van der Waals surface area contributed by atoms with Crippen molar-refractivity contribution >= 4 is 29.8 Å². The molecule has 13 heteroatoms. The third-order valence-corrected chi connectivity index (χ3v) is 5.63. The number of primary amides is 1. The minimum Gasteiger partial charge on any atom is -0.508 e. The van der Waals surface area contributed by atoms with Crippen molar-refractivity contribution in [3.05, 3.63) is 59.7 Å². The molecule has 0 spiro atoms. The van der Waals surface area contributed by atoms with E-state index in [2.05, 4.69) is 16.0 Å². The molecular weight excluding hydrogens is 488 g/mol. The van der Waals surface area contributed by atoms with Gasteiger partial charge in [0.2, 0.25) is 11.8 Å². The standard InChI is InChI=1S/C24H26N4O9/c25-20(33)18(11-13-1-5-15(29)6-2-13)26-21(34)17(9-10-19(31)32)27-22(35)24(28-23(36)37-24)12-14-3-7-16(30)8-4-14/h1-8,17-18,29-30H,9-12H2,(H2,25,33)(H,26,34)(H,27,35)(H,28,36)(H,31,32)/t17-,18-,24+/m0/s1. The average molecular weight is 514 g/mol. The van der Waals surface area contributed by atoms with Crippen LogP contribution >= 0.6 is 0 Å². The minimum atomic E-state index is -1.87. The van der Waals surface area contributed by atoms with E-state index in [1.807, 2.05) is 0 Å². The van der Waals surface area contributed by atoms with E-state index in [-0.39, 0.29) is 30.8 Å². The molecule has 1 aliphatic heterocycles. The number of aliphatic carboxylic acids is 1. The van der Waals surface area contributed by atoms with Crippen LogP contribution in [0.15, 0.2) is 48.5 Å². The topological polar surface area (TPSA) is 217 Å². The van der Waals surface area contributed by atoms with Crippen molar-refractivity contribution in [3.63, 3.8) is 0 Å². The quantitative estimate of drug-likeness (QED) is 0.196. The second-order valence-electron chi connectivity index (χ2n) is 8.48. The molecule has 1 fully saturated rings. The fraction of sp³-hybridized carbons (Fsp3) is 0.292. The number of hydrogen-bond donors (Lipinski definition) is 7. The van der Waals surface area contributed by atoms with E-state index >= 15 is 0 Å². The number of carboxylic acids is 1. The number of aromatic hydroxyl groups is 2. The Bertz CT molecular complexity index is 1170. The van der Waals surface area contributed by atoms with Gasteiger partial charge in [-0.2, -0.15) is 0 Å². The van der Waals surface area contributed by atoms with Crippen LogP contribution in [0.2, 0.25) is 0 Å². The van der Waals surface area contributed by atoms with E-state index in [1.165, 1.54) is 48.5 Å². The maximum absolute atomic E-state index is 13.1. The van der Waals surface area contributed by atoms with Crippen LogP contribution in [0.3, 0.4) is 0 Å². The Balaban J connectivity index is 1.75. The van der Waals surface area contributed by atoms with Gasteiger partial charge in [0.25, 0.3) is 11.6 Å². The number of cyclic esters (lactones) is 1. The van der Waals surface area contributed by atoms with Crippen LogP contribution in [0, 0.1) is 0 Å². The summed E-state index contributed by atoms with van der Waals surface area (Å²) in [6, 6.07) is 9.01. The number of amides is 4. The summed E-state index contributed by atoms with van der Waals surface area (Å²) in [5.41, 5.74) is 4.65. The van der Waals surface area contributed by atoms with Crippen LogP contribution in [0.5, 0.6) is 11.5 Å². The summed E-state index contributed by atoms with van der Waals surface area (Å²) in [5.74, 6) is -3.89. The first-order valence-corrected chi connectivity index (χ1v) is 11.2. The maximum atomic E-state index is 13.1. The lowest BCUT2D eigenvalue weighted by atomic mass is 9.98. The molecule has 13 nitrogen and oxygen atoms in total. The number of nitrogens with two attached hydrogens (primary N) is 1. The Hall–Kier alpha value is -4.81. The lowest BCUT2D eigenvalue weighted by Gasteiger charge is -2.40. The molecule has 8 N–H and O–H groups in total. The van der Waals surface area contributed by atoms with Crippen molar-refractivity contribution in [1.82, 2.24) is 16.0 Å². The molecule has 4 amide bonds. The van der Waals surface area contributed by atoms with Crippen LogP contribution in [0.4, 0.5) is 4.79 Å². The lowest BCUT2D eigenvalue weighted by molar-refractivity contribution is -0.157. The smallest absolute Gasteiger partial charge is 0.413 e. The van der Waals surface area contributed by atoms with Gasteiger partial charge in [-0.25, -0.2) is 4.79 Å². The summed E-state index contributed by atoms with van der Waals surface area (Å²) in [6.07, 6.45) is -1.87. The Kier molecular flexibility index (Phi) is 8.17. The molecule has 37 heavy (non-hydrogen) atoms. The first-order valence-electron chi connectivity index (χ1n) is 11.2. The molecule has 2 aromatic rings. The van der Waals surface area contributed by atoms with Crippen molar-refractivity contribution in [2.24, 2.45) is 5.73 Å². The Labute approximate surface area is 210 Å². The van der Waals surface area contributed by atoms with Crippen molar-refractivity contribution in [1.29, 1.82) is 0 Å². The highest BCUT2D eigenvalue weighted by Gasteiger charge is 2.53.